The van der Waals surface area contributed by atoms with Crippen molar-refractivity contribution >= 4 is 21.8 Å². The minimum absolute atomic E-state index is 0.0958. The monoisotopic (exact) mass is 419 g/mol. The van der Waals surface area contributed by atoms with Gasteiger partial charge < -0.3 is 10.1 Å². The van der Waals surface area contributed by atoms with E-state index in [9.17, 15) is 13.2 Å². The van der Waals surface area contributed by atoms with Crippen LogP contribution in [0.1, 0.15) is 44.7 Å². The number of carbonyl (C=O) groups is 1. The lowest BCUT2D eigenvalue weighted by molar-refractivity contribution is -0.121. The van der Waals surface area contributed by atoms with E-state index in [1.54, 1.807) is 24.3 Å². The van der Waals surface area contributed by atoms with Crippen molar-refractivity contribution in [2.75, 3.05) is 11.3 Å². The summed E-state index contributed by atoms with van der Waals surface area (Å²) in [5.74, 6) is 0.694. The Morgan fingerprint density at radius 1 is 1.10 bits per heavy atom. The summed E-state index contributed by atoms with van der Waals surface area (Å²) in [6.07, 6.45) is 0.940. The average molecular weight is 420 g/mol. The Hall–Kier alpha value is -2.58. The second-order valence-electron chi connectivity index (χ2n) is 7.85. The summed E-state index contributed by atoms with van der Waals surface area (Å²) in [6.45, 7) is 7.24. The van der Waals surface area contributed by atoms with Gasteiger partial charge in [-0.25, -0.2) is 5.14 Å². The number of carbonyl (C=O) groups excluding carboxylic acids is 1. The maximum absolute atomic E-state index is 12.0. The molecule has 0 bridgehead atoms. The Morgan fingerprint density at radius 3 is 2.41 bits per heavy atom. The van der Waals surface area contributed by atoms with Crippen molar-refractivity contribution in [2.24, 2.45) is 5.14 Å². The Balaban J connectivity index is 1.71. The van der Waals surface area contributed by atoms with Crippen molar-refractivity contribution < 1.29 is 17.9 Å². The highest BCUT2D eigenvalue weighted by atomic mass is 32.2. The van der Waals surface area contributed by atoms with Crippen molar-refractivity contribution in [1.29, 1.82) is 0 Å². The smallest absolute Gasteiger partial charge is 0.296 e. The zero-order valence-corrected chi connectivity index (χ0v) is 17.9. The molecular weight excluding hydrogens is 390 g/mol. The van der Waals surface area contributed by atoms with Crippen LogP contribution in [0, 0.1) is 0 Å². The largest absolute Gasteiger partial charge is 0.494 e. The Morgan fingerprint density at radius 2 is 1.79 bits per heavy atom. The number of ether oxygens (including phenoxy) is 1. The van der Waals surface area contributed by atoms with Gasteiger partial charge in [-0.1, -0.05) is 45.0 Å². The van der Waals surface area contributed by atoms with E-state index >= 15 is 0 Å². The molecule has 0 atom stereocenters. The zero-order valence-electron chi connectivity index (χ0n) is 17.1. The van der Waals surface area contributed by atoms with Crippen LogP contribution in [0.25, 0.3) is 0 Å². The number of amides is 1. The van der Waals surface area contributed by atoms with Gasteiger partial charge in [-0.2, -0.15) is 8.42 Å². The molecular formula is C21H29N3O4S. The van der Waals surface area contributed by atoms with Gasteiger partial charge in [0.25, 0.3) is 10.2 Å². The molecule has 0 spiro atoms. The molecule has 0 radical (unpaired) electrons. The molecule has 0 aliphatic heterocycles. The molecule has 158 valence electrons. The first kappa shape index (κ1) is 22.7. The van der Waals surface area contributed by atoms with Crippen LogP contribution in [0.4, 0.5) is 5.69 Å². The first-order chi connectivity index (χ1) is 13.5. The Bertz CT molecular complexity index is 920. The van der Waals surface area contributed by atoms with E-state index in [0.717, 1.165) is 11.3 Å². The second kappa shape index (κ2) is 9.76. The molecule has 29 heavy (non-hydrogen) atoms. The van der Waals surface area contributed by atoms with Crippen molar-refractivity contribution in [3.63, 3.8) is 0 Å². The molecule has 4 N–H and O–H groups in total. The molecule has 0 heterocycles. The fourth-order valence-corrected chi connectivity index (χ4v) is 3.13. The average Bonchev–Trinajstić information content (AvgIpc) is 2.62. The molecule has 1 amide bonds. The molecule has 0 aliphatic carbocycles. The van der Waals surface area contributed by atoms with Gasteiger partial charge in [-0.05, 0) is 47.2 Å². The summed E-state index contributed by atoms with van der Waals surface area (Å²) in [7, 11) is -3.82. The van der Waals surface area contributed by atoms with Crippen LogP contribution >= 0.6 is 0 Å². The van der Waals surface area contributed by atoms with Gasteiger partial charge in [0, 0.05) is 13.0 Å². The quantitative estimate of drug-likeness (QED) is 0.542. The number of hydrogen-bond acceptors (Lipinski definition) is 4. The minimum atomic E-state index is -3.82. The lowest BCUT2D eigenvalue weighted by Gasteiger charge is -2.19. The predicted octanol–water partition coefficient (Wildman–Crippen LogP) is 3.07. The molecule has 0 unspecified atom stereocenters. The summed E-state index contributed by atoms with van der Waals surface area (Å²) >= 11 is 0. The molecule has 0 aliphatic rings. The summed E-state index contributed by atoms with van der Waals surface area (Å²) in [4.78, 5) is 12.0. The van der Waals surface area contributed by atoms with Crippen LogP contribution in [-0.4, -0.2) is 20.9 Å². The lowest BCUT2D eigenvalue weighted by Crippen LogP contribution is -2.23. The van der Waals surface area contributed by atoms with E-state index in [0.29, 0.717) is 31.7 Å². The van der Waals surface area contributed by atoms with Gasteiger partial charge in [0.1, 0.15) is 5.75 Å². The van der Waals surface area contributed by atoms with Crippen molar-refractivity contribution in [3.8, 4) is 5.75 Å². The Labute approximate surface area is 172 Å². The van der Waals surface area contributed by atoms with Crippen LogP contribution < -0.4 is 19.9 Å². The molecule has 2 rings (SSSR count). The van der Waals surface area contributed by atoms with Crippen LogP contribution in [-0.2, 0) is 27.0 Å². The standard InChI is InChI=1S/C21H29N3O4S/c1-21(2,3)17-9-11-19(12-10-17)28-13-5-8-20(25)23-15-16-6-4-7-18(14-16)24-29(22,26)27/h4,6-7,9-12,14,24H,5,8,13,15H2,1-3H3,(H,23,25)(H2,22,26,27). The topological polar surface area (TPSA) is 111 Å². The van der Waals surface area contributed by atoms with Crippen LogP contribution in [0.5, 0.6) is 5.75 Å². The van der Waals surface area contributed by atoms with Crippen molar-refractivity contribution in [1.82, 2.24) is 5.32 Å². The van der Waals surface area contributed by atoms with Crippen LogP contribution in [0.3, 0.4) is 0 Å². The first-order valence-corrected chi connectivity index (χ1v) is 11.0. The predicted molar refractivity (Wildman–Crippen MR) is 115 cm³/mol. The van der Waals surface area contributed by atoms with Gasteiger partial charge in [-0.15, -0.1) is 0 Å². The third-order valence-electron chi connectivity index (χ3n) is 4.21. The third kappa shape index (κ3) is 8.53. The third-order valence-corrected chi connectivity index (χ3v) is 4.73. The number of rotatable bonds is 9. The maximum Gasteiger partial charge on any atom is 0.296 e. The second-order valence-corrected chi connectivity index (χ2v) is 9.14. The first-order valence-electron chi connectivity index (χ1n) is 9.42. The Kier molecular flexibility index (Phi) is 7.64. The van der Waals surface area contributed by atoms with Gasteiger partial charge in [0.2, 0.25) is 5.91 Å². The molecule has 8 heteroatoms. The lowest BCUT2D eigenvalue weighted by atomic mass is 9.87. The van der Waals surface area contributed by atoms with E-state index in [4.69, 9.17) is 9.88 Å². The minimum Gasteiger partial charge on any atom is -0.494 e. The molecule has 0 fully saturated rings. The highest BCUT2D eigenvalue weighted by Gasteiger charge is 2.13. The van der Waals surface area contributed by atoms with E-state index in [2.05, 4.69) is 42.9 Å². The van der Waals surface area contributed by atoms with E-state index < -0.39 is 10.2 Å². The summed E-state index contributed by atoms with van der Waals surface area (Å²) < 4.78 is 30.0. The molecule has 2 aromatic rings. The summed E-state index contributed by atoms with van der Waals surface area (Å²) in [5.41, 5.74) is 2.46. The van der Waals surface area contributed by atoms with Crippen molar-refractivity contribution in [3.05, 3.63) is 59.7 Å². The number of nitrogens with two attached hydrogens (primary N) is 1. The number of nitrogens with one attached hydrogen (secondary N) is 2. The van der Waals surface area contributed by atoms with Gasteiger partial charge in [0.05, 0.1) is 12.3 Å². The van der Waals surface area contributed by atoms with Gasteiger partial charge in [0.15, 0.2) is 0 Å². The molecule has 2 aromatic carbocycles. The number of benzene rings is 2. The van der Waals surface area contributed by atoms with Crippen molar-refractivity contribution in [2.45, 2.75) is 45.6 Å². The zero-order chi connectivity index (χ0) is 21.5. The van der Waals surface area contributed by atoms with E-state index in [-0.39, 0.29) is 11.3 Å². The highest BCUT2D eigenvalue weighted by molar-refractivity contribution is 7.90. The number of anilines is 1. The van der Waals surface area contributed by atoms with Crippen LogP contribution in [0.2, 0.25) is 0 Å². The van der Waals surface area contributed by atoms with Crippen LogP contribution in [0.15, 0.2) is 48.5 Å². The summed E-state index contributed by atoms with van der Waals surface area (Å²) in [5, 5.41) is 7.76. The van der Waals surface area contributed by atoms with Gasteiger partial charge >= 0.3 is 0 Å². The van der Waals surface area contributed by atoms with E-state index in [1.165, 1.54) is 5.56 Å². The molecule has 7 nitrogen and oxygen atoms in total. The maximum atomic E-state index is 12.0. The molecule has 0 saturated carbocycles. The highest BCUT2D eigenvalue weighted by Crippen LogP contribution is 2.24. The SMILES string of the molecule is CC(C)(C)c1ccc(OCCCC(=O)NCc2cccc(NS(N)(=O)=O)c2)cc1. The molecule has 0 aromatic heterocycles. The fraction of sp³-hybridized carbons (Fsp3) is 0.381. The normalized spacial score (nSPS) is 11.7. The summed E-state index contributed by atoms with van der Waals surface area (Å²) in [6, 6.07) is 14.7. The van der Waals surface area contributed by atoms with Gasteiger partial charge in [-0.3, -0.25) is 9.52 Å². The fourth-order valence-electron chi connectivity index (χ4n) is 2.67. The van der Waals surface area contributed by atoms with E-state index in [1.807, 2.05) is 12.1 Å². The molecule has 0 saturated heterocycles. The number of hydrogen-bond donors (Lipinski definition) is 3.